The molecule has 0 saturated carbocycles. The van der Waals surface area contributed by atoms with Crippen molar-refractivity contribution in [3.05, 3.63) is 71.3 Å². The first-order chi connectivity index (χ1) is 17.2. The predicted octanol–water partition coefficient (Wildman–Crippen LogP) is 4.79. The van der Waals surface area contributed by atoms with Gasteiger partial charge in [-0.2, -0.15) is 9.40 Å². The van der Waals surface area contributed by atoms with Gasteiger partial charge in [0.05, 0.1) is 15.5 Å². The van der Waals surface area contributed by atoms with Crippen LogP contribution in [0.1, 0.15) is 25.3 Å². The lowest BCUT2D eigenvalue weighted by Gasteiger charge is -2.29. The largest absolute Gasteiger partial charge is 0.296 e. The number of benzene rings is 2. The van der Waals surface area contributed by atoms with Crippen molar-refractivity contribution in [2.45, 2.75) is 24.7 Å². The molecule has 0 aliphatic carbocycles. The molecule has 186 valence electrons. The van der Waals surface area contributed by atoms with Crippen LogP contribution >= 0.6 is 24.0 Å². The first kappa shape index (κ1) is 24.9. The third-order valence-electron chi connectivity index (χ3n) is 6.52. The lowest BCUT2D eigenvalue weighted by molar-refractivity contribution is -0.121. The summed E-state index contributed by atoms with van der Waals surface area (Å²) in [7, 11) is -1.96. The summed E-state index contributed by atoms with van der Waals surface area (Å²) in [6.07, 6.45) is 5.35. The number of rotatable bonds is 5. The second-order valence-electron chi connectivity index (χ2n) is 9.07. The summed E-state index contributed by atoms with van der Waals surface area (Å²) >= 11 is 6.52. The zero-order valence-corrected chi connectivity index (χ0v) is 22.4. The quantitative estimate of drug-likeness (QED) is 0.344. The Bertz CT molecular complexity index is 1460. The van der Waals surface area contributed by atoms with E-state index in [2.05, 4.69) is 6.92 Å². The van der Waals surface area contributed by atoms with Crippen molar-refractivity contribution in [3.63, 3.8) is 0 Å². The second-order valence-corrected chi connectivity index (χ2v) is 12.7. The molecule has 3 heterocycles. The van der Waals surface area contributed by atoms with Gasteiger partial charge in [0, 0.05) is 37.5 Å². The molecule has 2 saturated heterocycles. The molecule has 2 aliphatic heterocycles. The number of thiocarbonyl (C=S) groups is 1. The van der Waals surface area contributed by atoms with Gasteiger partial charge >= 0.3 is 0 Å². The van der Waals surface area contributed by atoms with Gasteiger partial charge in [0.15, 0.2) is 0 Å². The normalized spacial score (nSPS) is 18.9. The number of aromatic nitrogens is 2. The maximum Gasteiger partial charge on any atom is 0.265 e. The van der Waals surface area contributed by atoms with Crippen molar-refractivity contribution in [1.29, 1.82) is 0 Å². The highest BCUT2D eigenvalue weighted by atomic mass is 32.2. The first-order valence-electron chi connectivity index (χ1n) is 11.7. The smallest absolute Gasteiger partial charge is 0.265 e. The molecule has 5 rings (SSSR count). The van der Waals surface area contributed by atoms with Gasteiger partial charge in [-0.3, -0.25) is 9.69 Å². The summed E-state index contributed by atoms with van der Waals surface area (Å²) in [5.41, 5.74) is 2.81. The summed E-state index contributed by atoms with van der Waals surface area (Å²) in [6, 6.07) is 16.5. The van der Waals surface area contributed by atoms with E-state index in [1.807, 2.05) is 42.6 Å². The fourth-order valence-corrected chi connectivity index (χ4v) is 6.98. The molecular formula is C26H26N4O3S3. The van der Waals surface area contributed by atoms with Crippen LogP contribution in [0, 0.1) is 5.92 Å². The number of sulfonamides is 1. The highest BCUT2D eigenvalue weighted by molar-refractivity contribution is 8.26. The molecule has 0 atom stereocenters. The molecule has 2 fully saturated rings. The van der Waals surface area contributed by atoms with Crippen LogP contribution in [0.15, 0.2) is 70.6 Å². The Morgan fingerprint density at radius 1 is 1.08 bits per heavy atom. The van der Waals surface area contributed by atoms with Crippen LogP contribution in [0.5, 0.6) is 0 Å². The van der Waals surface area contributed by atoms with E-state index >= 15 is 0 Å². The highest BCUT2D eigenvalue weighted by Crippen LogP contribution is 2.35. The minimum absolute atomic E-state index is 0.168. The van der Waals surface area contributed by atoms with Gasteiger partial charge in [-0.05, 0) is 49.1 Å². The summed E-state index contributed by atoms with van der Waals surface area (Å²) in [5.74, 6) is 0.363. The van der Waals surface area contributed by atoms with Crippen molar-refractivity contribution < 1.29 is 13.2 Å². The number of amides is 1. The molecular weight excluding hydrogens is 513 g/mol. The number of likely N-dealkylation sites (N-methyl/N-ethyl adjacent to an activating group) is 1. The SMILES string of the molecule is CC1CCN(S(=O)(=O)c2cccc(-c3nn(-c4ccccc4)cc3C=C3SC(=S)N(C)C3=O)c2)CC1. The van der Waals surface area contributed by atoms with Crippen LogP contribution in [0.3, 0.4) is 0 Å². The number of nitrogens with zero attached hydrogens (tertiary/aromatic N) is 4. The number of hydrogen-bond donors (Lipinski definition) is 0. The van der Waals surface area contributed by atoms with Gasteiger partial charge in [-0.15, -0.1) is 0 Å². The molecule has 2 aromatic carbocycles. The molecule has 3 aromatic rings. The van der Waals surface area contributed by atoms with Gasteiger partial charge in [-0.25, -0.2) is 13.1 Å². The Morgan fingerprint density at radius 3 is 2.47 bits per heavy atom. The van der Waals surface area contributed by atoms with Crippen LogP contribution in [0.2, 0.25) is 0 Å². The molecule has 7 nitrogen and oxygen atoms in total. The van der Waals surface area contributed by atoms with Gasteiger partial charge in [0.2, 0.25) is 10.0 Å². The molecule has 0 spiro atoms. The van der Waals surface area contributed by atoms with Gasteiger partial charge in [-0.1, -0.05) is 61.2 Å². The fourth-order valence-electron chi connectivity index (χ4n) is 4.30. The molecule has 2 aliphatic rings. The van der Waals surface area contributed by atoms with Gasteiger partial charge in [0.1, 0.15) is 10.0 Å². The lowest BCUT2D eigenvalue weighted by atomic mass is 10.0. The average Bonchev–Trinajstić information content (AvgIpc) is 3.41. The van der Waals surface area contributed by atoms with E-state index in [0.29, 0.717) is 45.1 Å². The minimum atomic E-state index is -3.62. The molecule has 0 unspecified atom stereocenters. The Labute approximate surface area is 220 Å². The Kier molecular flexibility index (Phi) is 6.86. The molecule has 1 aromatic heterocycles. The predicted molar refractivity (Wildman–Crippen MR) is 147 cm³/mol. The average molecular weight is 539 g/mol. The van der Waals surface area contributed by atoms with Crippen LogP contribution in [0.25, 0.3) is 23.0 Å². The Balaban J connectivity index is 1.58. The van der Waals surface area contributed by atoms with Crippen molar-refractivity contribution in [3.8, 4) is 16.9 Å². The van der Waals surface area contributed by atoms with E-state index < -0.39 is 10.0 Å². The second kappa shape index (κ2) is 9.93. The van der Waals surface area contributed by atoms with E-state index in [1.165, 1.54) is 16.7 Å². The topological polar surface area (TPSA) is 75.5 Å². The number of hydrogen-bond acceptors (Lipinski definition) is 6. The van der Waals surface area contributed by atoms with Crippen LogP contribution in [-0.2, 0) is 14.8 Å². The van der Waals surface area contributed by atoms with E-state index in [4.69, 9.17) is 17.3 Å². The van der Waals surface area contributed by atoms with Crippen molar-refractivity contribution in [2.75, 3.05) is 20.1 Å². The molecule has 36 heavy (non-hydrogen) atoms. The van der Waals surface area contributed by atoms with Crippen molar-refractivity contribution >= 4 is 50.3 Å². The molecule has 10 heteroatoms. The Hall–Kier alpha value is -2.79. The van der Waals surface area contributed by atoms with Gasteiger partial charge < -0.3 is 0 Å². The zero-order valence-electron chi connectivity index (χ0n) is 20.0. The number of thioether (sulfide) groups is 1. The van der Waals surface area contributed by atoms with E-state index in [0.717, 1.165) is 18.5 Å². The molecule has 1 amide bonds. The highest BCUT2D eigenvalue weighted by Gasteiger charge is 2.30. The molecule has 0 N–H and O–H groups in total. The lowest BCUT2D eigenvalue weighted by Crippen LogP contribution is -2.37. The number of para-hydroxylation sites is 1. The number of carbonyl (C=O) groups excluding carboxylic acids is 1. The molecule has 0 bridgehead atoms. The monoisotopic (exact) mass is 538 g/mol. The summed E-state index contributed by atoms with van der Waals surface area (Å²) in [5, 5.41) is 4.80. The summed E-state index contributed by atoms with van der Waals surface area (Å²) in [6.45, 7) is 3.21. The first-order valence-corrected chi connectivity index (χ1v) is 14.4. The zero-order chi connectivity index (χ0) is 25.4. The molecule has 0 radical (unpaired) electrons. The fraction of sp³-hybridized carbons (Fsp3) is 0.269. The standard InChI is InChI=1S/C26H26N4O3S3/c1-18-11-13-29(14-12-18)36(32,33)22-10-6-7-19(15-22)24-20(16-23-25(31)28(2)26(34)35-23)17-30(27-24)21-8-4-3-5-9-21/h3-10,15-18H,11-14H2,1-2H3. The maximum absolute atomic E-state index is 13.4. The van der Waals surface area contributed by atoms with Crippen LogP contribution in [0.4, 0.5) is 0 Å². The van der Waals surface area contributed by atoms with Crippen molar-refractivity contribution in [2.24, 2.45) is 5.92 Å². The number of piperidine rings is 1. The third kappa shape index (κ3) is 4.78. The van der Waals surface area contributed by atoms with Crippen LogP contribution in [-0.4, -0.2) is 57.8 Å². The maximum atomic E-state index is 13.4. The summed E-state index contributed by atoms with van der Waals surface area (Å²) in [4.78, 5) is 14.9. The van der Waals surface area contributed by atoms with Gasteiger partial charge in [0.25, 0.3) is 5.91 Å². The van der Waals surface area contributed by atoms with Crippen LogP contribution < -0.4 is 0 Å². The third-order valence-corrected chi connectivity index (χ3v) is 9.90. The van der Waals surface area contributed by atoms with Crippen molar-refractivity contribution in [1.82, 2.24) is 19.0 Å². The van der Waals surface area contributed by atoms with E-state index in [-0.39, 0.29) is 10.8 Å². The Morgan fingerprint density at radius 2 is 1.81 bits per heavy atom. The van der Waals surface area contributed by atoms with E-state index in [1.54, 1.807) is 40.3 Å². The number of carbonyl (C=O) groups is 1. The summed E-state index contributed by atoms with van der Waals surface area (Å²) < 4.78 is 30.6. The van der Waals surface area contributed by atoms with E-state index in [9.17, 15) is 13.2 Å². The minimum Gasteiger partial charge on any atom is -0.296 e.